The zero-order valence-corrected chi connectivity index (χ0v) is 19.4. The first kappa shape index (κ1) is 23.3. The summed E-state index contributed by atoms with van der Waals surface area (Å²) in [7, 11) is 1.37. The second kappa shape index (κ2) is 10.8. The molecule has 1 aliphatic rings. The molecule has 0 aromatic heterocycles. The van der Waals surface area contributed by atoms with Crippen molar-refractivity contribution < 1.29 is 19.1 Å². The van der Waals surface area contributed by atoms with E-state index in [1.165, 1.54) is 12.0 Å². The largest absolute Gasteiger partial charge is 0.465 e. The number of hydrogen-bond acceptors (Lipinski definition) is 7. The highest BCUT2D eigenvalue weighted by atomic mass is 32.2. The summed E-state index contributed by atoms with van der Waals surface area (Å²) < 4.78 is 10.3. The maximum Gasteiger partial charge on any atom is 0.337 e. The number of ether oxygens (including phenoxy) is 2. The smallest absolute Gasteiger partial charge is 0.337 e. The second-order valence-corrected chi connectivity index (χ2v) is 8.67. The molecule has 6 nitrogen and oxygen atoms in total. The van der Waals surface area contributed by atoms with Crippen molar-refractivity contribution in [2.75, 3.05) is 39.7 Å². The summed E-state index contributed by atoms with van der Waals surface area (Å²) in [6.45, 7) is 7.80. The Morgan fingerprint density at radius 1 is 1.06 bits per heavy atom. The van der Waals surface area contributed by atoms with Crippen LogP contribution in [0.15, 0.2) is 58.6 Å². The summed E-state index contributed by atoms with van der Waals surface area (Å²) >= 11 is 1.71. The number of methoxy groups -OCH3 is 1. The third-order valence-corrected chi connectivity index (χ3v) is 6.25. The van der Waals surface area contributed by atoms with E-state index in [0.717, 1.165) is 43.1 Å². The molecule has 166 valence electrons. The van der Waals surface area contributed by atoms with E-state index >= 15 is 0 Å². The molecule has 0 saturated carbocycles. The molecular formula is C24H30N2O4S. The maximum absolute atomic E-state index is 11.6. The molecule has 3 rings (SSSR count). The first-order valence-electron chi connectivity index (χ1n) is 10.3. The molecule has 0 radical (unpaired) electrons. The van der Waals surface area contributed by atoms with Crippen LogP contribution < -0.4 is 0 Å². The number of thioether (sulfide) groups is 1. The van der Waals surface area contributed by atoms with Gasteiger partial charge in [0.25, 0.3) is 0 Å². The van der Waals surface area contributed by atoms with E-state index in [-0.39, 0.29) is 11.5 Å². The van der Waals surface area contributed by atoms with Gasteiger partial charge in [-0.15, -0.1) is 11.8 Å². The molecule has 2 aromatic carbocycles. The van der Waals surface area contributed by atoms with E-state index in [2.05, 4.69) is 54.4 Å². The van der Waals surface area contributed by atoms with Crippen LogP contribution in [0.2, 0.25) is 0 Å². The van der Waals surface area contributed by atoms with Crippen LogP contribution in [-0.4, -0.2) is 61.8 Å². The molecule has 2 aromatic rings. The van der Waals surface area contributed by atoms with Crippen LogP contribution in [0.3, 0.4) is 0 Å². The third-order valence-electron chi connectivity index (χ3n) is 5.51. The van der Waals surface area contributed by atoms with Gasteiger partial charge in [-0.25, -0.2) is 4.79 Å². The number of hydrogen-bond donors (Lipinski definition) is 0. The Labute approximate surface area is 188 Å². The van der Waals surface area contributed by atoms with Gasteiger partial charge in [-0.05, 0) is 49.9 Å². The average Bonchev–Trinajstić information content (AvgIpc) is 2.82. The molecule has 0 N–H and O–H groups in total. The van der Waals surface area contributed by atoms with Gasteiger partial charge >= 0.3 is 5.97 Å². The Kier molecular flexibility index (Phi) is 8.12. The summed E-state index contributed by atoms with van der Waals surface area (Å²) in [5, 5.41) is 4.60. The van der Waals surface area contributed by atoms with Crippen molar-refractivity contribution in [1.29, 1.82) is 0 Å². The molecule has 0 spiro atoms. The maximum atomic E-state index is 11.6. The number of nitrogens with zero attached hydrogens (tertiary/aromatic N) is 2. The lowest BCUT2D eigenvalue weighted by molar-refractivity contribution is 0.00862. The van der Waals surface area contributed by atoms with Crippen molar-refractivity contribution in [1.82, 2.24) is 4.90 Å². The number of morpholine rings is 1. The topological polar surface area (TPSA) is 60.4 Å². The molecule has 1 saturated heterocycles. The van der Waals surface area contributed by atoms with Gasteiger partial charge in [-0.1, -0.05) is 29.4 Å². The van der Waals surface area contributed by atoms with Gasteiger partial charge in [0.15, 0.2) is 0 Å². The Bertz CT molecular complexity index is 889. The molecule has 0 atom stereocenters. The molecule has 0 amide bonds. The van der Waals surface area contributed by atoms with Crippen molar-refractivity contribution >= 4 is 23.4 Å². The van der Waals surface area contributed by atoms with Crippen LogP contribution >= 0.6 is 11.8 Å². The minimum Gasteiger partial charge on any atom is -0.465 e. The van der Waals surface area contributed by atoms with Gasteiger partial charge in [-0.3, -0.25) is 4.90 Å². The number of carbonyl (C=O) groups excluding carboxylic acids is 1. The molecule has 1 aliphatic heterocycles. The highest BCUT2D eigenvalue weighted by Gasteiger charge is 2.35. The molecule has 7 heteroatoms. The van der Waals surface area contributed by atoms with Crippen LogP contribution in [-0.2, 0) is 20.9 Å². The van der Waals surface area contributed by atoms with E-state index in [0.29, 0.717) is 12.2 Å². The van der Waals surface area contributed by atoms with Crippen LogP contribution in [0.4, 0.5) is 0 Å². The molecule has 31 heavy (non-hydrogen) atoms. The summed E-state index contributed by atoms with van der Waals surface area (Å²) in [5.41, 5.74) is 3.04. The Balaban J connectivity index is 1.81. The fraction of sp³-hybridized carbons (Fsp3) is 0.417. The van der Waals surface area contributed by atoms with Gasteiger partial charge in [0.1, 0.15) is 12.3 Å². The van der Waals surface area contributed by atoms with Gasteiger partial charge in [-0.2, -0.15) is 0 Å². The summed E-state index contributed by atoms with van der Waals surface area (Å²) in [6.07, 6.45) is 2.07. The summed E-state index contributed by atoms with van der Waals surface area (Å²) in [6, 6.07) is 15.6. The Morgan fingerprint density at radius 3 is 2.26 bits per heavy atom. The highest BCUT2D eigenvalue weighted by Crippen LogP contribution is 2.25. The number of benzene rings is 2. The van der Waals surface area contributed by atoms with E-state index < -0.39 is 0 Å². The van der Waals surface area contributed by atoms with Crippen molar-refractivity contribution in [2.24, 2.45) is 5.16 Å². The van der Waals surface area contributed by atoms with Crippen LogP contribution in [0, 0.1) is 0 Å². The molecule has 0 aliphatic carbocycles. The average molecular weight is 443 g/mol. The predicted molar refractivity (Wildman–Crippen MR) is 124 cm³/mol. The van der Waals surface area contributed by atoms with Crippen molar-refractivity contribution in [3.05, 3.63) is 65.2 Å². The number of esters is 1. The Hall–Kier alpha value is -2.35. The molecule has 1 heterocycles. The zero-order valence-electron chi connectivity index (χ0n) is 18.6. The summed E-state index contributed by atoms with van der Waals surface area (Å²) in [5.74, 6) is -0.353. The number of rotatable bonds is 8. The van der Waals surface area contributed by atoms with E-state index in [9.17, 15) is 4.79 Å². The quantitative estimate of drug-likeness (QED) is 0.264. The van der Waals surface area contributed by atoms with Crippen LogP contribution in [0.5, 0.6) is 0 Å². The standard InChI is InChI=1S/C24H30N2O4S/c1-24(2,26-13-15-29-16-14-26)22(19-9-11-21(31-4)12-10-19)25-30-17-18-5-7-20(8-6-18)23(27)28-3/h5-12H,13-17H2,1-4H3. The highest BCUT2D eigenvalue weighted by molar-refractivity contribution is 7.98. The van der Waals surface area contributed by atoms with Crippen LogP contribution in [0.1, 0.15) is 35.3 Å². The summed E-state index contributed by atoms with van der Waals surface area (Å²) in [4.78, 5) is 21.0. The predicted octanol–water partition coefficient (Wildman–Crippen LogP) is 4.23. The fourth-order valence-electron chi connectivity index (χ4n) is 3.56. The van der Waals surface area contributed by atoms with E-state index in [1.807, 2.05) is 12.1 Å². The molecule has 0 unspecified atom stereocenters. The van der Waals surface area contributed by atoms with Crippen LogP contribution in [0.25, 0.3) is 0 Å². The van der Waals surface area contributed by atoms with Gasteiger partial charge in [0.05, 0.1) is 31.4 Å². The monoisotopic (exact) mass is 442 g/mol. The van der Waals surface area contributed by atoms with Crippen molar-refractivity contribution in [3.63, 3.8) is 0 Å². The molecule has 0 bridgehead atoms. The first-order valence-corrected chi connectivity index (χ1v) is 11.5. The van der Waals surface area contributed by atoms with Crippen molar-refractivity contribution in [3.8, 4) is 0 Å². The van der Waals surface area contributed by atoms with E-state index in [1.54, 1.807) is 23.9 Å². The Morgan fingerprint density at radius 2 is 1.68 bits per heavy atom. The SMILES string of the molecule is COC(=O)c1ccc(CON=C(c2ccc(SC)cc2)C(C)(C)N2CCOCC2)cc1. The van der Waals surface area contributed by atoms with Gasteiger partial charge in [0.2, 0.25) is 0 Å². The minimum absolute atomic E-state index is 0.313. The minimum atomic E-state index is -0.353. The zero-order chi connectivity index (χ0) is 22.3. The van der Waals surface area contributed by atoms with E-state index in [4.69, 9.17) is 14.3 Å². The fourth-order valence-corrected chi connectivity index (χ4v) is 3.97. The number of carbonyl (C=O) groups is 1. The third kappa shape index (κ3) is 5.87. The number of oxime groups is 1. The lowest BCUT2D eigenvalue weighted by Gasteiger charge is -2.41. The lowest BCUT2D eigenvalue weighted by atomic mass is 9.90. The van der Waals surface area contributed by atoms with Crippen molar-refractivity contribution in [2.45, 2.75) is 30.9 Å². The lowest BCUT2D eigenvalue weighted by Crippen LogP contribution is -2.54. The second-order valence-electron chi connectivity index (χ2n) is 7.79. The molecule has 1 fully saturated rings. The normalized spacial score (nSPS) is 15.5. The molecular weight excluding hydrogens is 412 g/mol. The first-order chi connectivity index (χ1) is 15.0. The van der Waals surface area contributed by atoms with Gasteiger partial charge < -0.3 is 14.3 Å². The van der Waals surface area contributed by atoms with Gasteiger partial charge in [0, 0.05) is 23.5 Å².